The Bertz CT molecular complexity index is 1510. The van der Waals surface area contributed by atoms with Crippen molar-refractivity contribution in [3.63, 3.8) is 0 Å². The minimum Gasteiger partial charge on any atom is -0.466 e. The van der Waals surface area contributed by atoms with Crippen LogP contribution in [0.5, 0.6) is 0 Å². The molecule has 6 N–H and O–H groups in total. The highest BCUT2D eigenvalue weighted by atomic mass is 16.7. The molecule has 1 aliphatic heterocycles. The predicted octanol–water partition coefficient (Wildman–Crippen LogP) is 16.6. The van der Waals surface area contributed by atoms with Crippen LogP contribution in [-0.2, 0) is 23.8 Å². The first kappa shape index (κ1) is 75.4. The Morgan fingerprint density at radius 2 is 0.863 bits per heavy atom. The van der Waals surface area contributed by atoms with Crippen LogP contribution in [0, 0.1) is 0 Å². The summed E-state index contributed by atoms with van der Waals surface area (Å²) in [5.41, 5.74) is 0. The van der Waals surface area contributed by atoms with E-state index in [9.17, 15) is 35.1 Å². The molecular weight excluding hydrogens is 1000 g/mol. The summed E-state index contributed by atoms with van der Waals surface area (Å²) in [6.45, 7) is 4.29. The minimum absolute atomic E-state index is 0.0108. The first-order chi connectivity index (χ1) is 39.2. The normalized spacial score (nSPS) is 18.7. The highest BCUT2D eigenvalue weighted by molar-refractivity contribution is 5.76. The Hall–Kier alpha value is -2.64. The molecule has 0 saturated carbocycles. The maximum absolute atomic E-state index is 13.1. The van der Waals surface area contributed by atoms with Gasteiger partial charge < -0.3 is 45.1 Å². The van der Waals surface area contributed by atoms with Crippen molar-refractivity contribution >= 4 is 11.9 Å². The molecule has 0 aromatic heterocycles. The molecular formula is C69H125NO10. The first-order valence-corrected chi connectivity index (χ1v) is 33.6. The third-order valence-corrected chi connectivity index (χ3v) is 15.6. The molecule has 11 nitrogen and oxygen atoms in total. The fraction of sp³-hybridized carbons (Fsp3) is 0.826. The molecule has 1 aliphatic rings. The average Bonchev–Trinajstić information content (AvgIpc) is 3.47. The van der Waals surface area contributed by atoms with Crippen molar-refractivity contribution in [1.82, 2.24) is 5.32 Å². The van der Waals surface area contributed by atoms with Gasteiger partial charge in [0.1, 0.15) is 24.4 Å². The average molecular weight is 1130 g/mol. The Morgan fingerprint density at radius 1 is 0.463 bits per heavy atom. The Balaban J connectivity index is 2.05. The van der Waals surface area contributed by atoms with Crippen LogP contribution in [0.1, 0.15) is 303 Å². The lowest BCUT2D eigenvalue weighted by Crippen LogP contribution is -2.60. The molecule has 1 fully saturated rings. The molecule has 1 amide bonds. The van der Waals surface area contributed by atoms with Gasteiger partial charge in [-0.05, 0) is 96.3 Å². The lowest BCUT2D eigenvalue weighted by atomic mass is 9.99. The summed E-state index contributed by atoms with van der Waals surface area (Å²) in [5, 5.41) is 54.5. The number of ether oxygens (including phenoxy) is 3. The van der Waals surface area contributed by atoms with Gasteiger partial charge in [-0.15, -0.1) is 0 Å². The zero-order chi connectivity index (χ0) is 58.0. The van der Waals surface area contributed by atoms with Gasteiger partial charge in [0.2, 0.25) is 5.91 Å². The van der Waals surface area contributed by atoms with Gasteiger partial charge in [-0.2, -0.15) is 0 Å². The molecule has 80 heavy (non-hydrogen) atoms. The highest BCUT2D eigenvalue weighted by Gasteiger charge is 2.44. The second-order valence-corrected chi connectivity index (χ2v) is 23.2. The maximum Gasteiger partial charge on any atom is 0.305 e. The van der Waals surface area contributed by atoms with E-state index in [-0.39, 0.29) is 18.5 Å². The fourth-order valence-electron chi connectivity index (χ4n) is 10.2. The van der Waals surface area contributed by atoms with Gasteiger partial charge in [0, 0.05) is 12.8 Å². The summed E-state index contributed by atoms with van der Waals surface area (Å²) >= 11 is 0. The van der Waals surface area contributed by atoms with E-state index in [4.69, 9.17) is 14.2 Å². The molecule has 1 heterocycles. The van der Waals surface area contributed by atoms with E-state index in [0.29, 0.717) is 19.4 Å². The summed E-state index contributed by atoms with van der Waals surface area (Å²) in [6, 6.07) is -0.831. The molecule has 0 aromatic rings. The quantitative estimate of drug-likeness (QED) is 0.0195. The Labute approximate surface area is 490 Å². The van der Waals surface area contributed by atoms with Gasteiger partial charge in [-0.1, -0.05) is 254 Å². The molecule has 7 atom stereocenters. The number of carbonyl (C=O) groups excluding carboxylic acids is 2. The molecule has 1 saturated heterocycles. The largest absolute Gasteiger partial charge is 0.466 e. The molecule has 0 radical (unpaired) electrons. The number of hydrogen-bond acceptors (Lipinski definition) is 10. The topological polar surface area (TPSA) is 175 Å². The third kappa shape index (κ3) is 46.8. The molecule has 466 valence electrons. The van der Waals surface area contributed by atoms with E-state index in [1.807, 2.05) is 6.08 Å². The molecule has 0 spiro atoms. The van der Waals surface area contributed by atoms with Crippen LogP contribution in [0.4, 0.5) is 0 Å². The molecule has 11 heteroatoms. The fourth-order valence-corrected chi connectivity index (χ4v) is 10.2. The van der Waals surface area contributed by atoms with Crippen molar-refractivity contribution in [1.29, 1.82) is 0 Å². The molecule has 0 bridgehead atoms. The van der Waals surface area contributed by atoms with Crippen molar-refractivity contribution < 1.29 is 49.3 Å². The lowest BCUT2D eigenvalue weighted by Gasteiger charge is -2.40. The zero-order valence-electron chi connectivity index (χ0n) is 51.5. The molecule has 0 aromatic carbocycles. The number of aliphatic hydroxyl groups is 5. The summed E-state index contributed by atoms with van der Waals surface area (Å²) in [6.07, 6.45) is 66.2. The van der Waals surface area contributed by atoms with Crippen LogP contribution in [0.15, 0.2) is 60.8 Å². The highest BCUT2D eigenvalue weighted by Crippen LogP contribution is 2.23. The van der Waals surface area contributed by atoms with Crippen LogP contribution >= 0.6 is 0 Å². The standard InChI is InChI=1S/C69H125NO10/c1-3-5-7-9-11-13-15-16-32-36-39-43-47-51-55-62(72)61(60-79-69-68(77)67(76)66(75)63(59-71)80-69)70-64(73)56-52-48-44-40-37-33-30-28-26-24-22-20-18-17-19-21-23-25-27-29-31-34-38-42-46-50-54-58-78-65(74)57-53-49-45-41-35-14-12-10-8-6-4-2/h10,12,17-18,21,23,36,39,51,55,61-63,66-69,71-72,75-77H,3-9,11,13-16,19-20,22,24-35,37-38,40-50,52-54,56-60H2,1-2H3,(H,70,73)/b12-10-,18-17-,23-21-,39-36+,55-51+. The van der Waals surface area contributed by atoms with Crippen molar-refractivity contribution in [2.75, 3.05) is 19.8 Å². The van der Waals surface area contributed by atoms with E-state index in [2.05, 4.69) is 67.8 Å². The number of esters is 1. The number of unbranched alkanes of at least 4 members (excludes halogenated alkanes) is 36. The summed E-state index contributed by atoms with van der Waals surface area (Å²) in [5.74, 6) is -0.206. The van der Waals surface area contributed by atoms with E-state index in [1.54, 1.807) is 6.08 Å². The maximum atomic E-state index is 13.1. The van der Waals surface area contributed by atoms with E-state index in [0.717, 1.165) is 77.0 Å². The minimum atomic E-state index is -1.58. The summed E-state index contributed by atoms with van der Waals surface area (Å²) in [4.78, 5) is 25.1. The van der Waals surface area contributed by atoms with Crippen LogP contribution < -0.4 is 5.32 Å². The SMILES string of the molecule is CCCC/C=C\CCCCCCCC(=O)OCCCCCCCCCCC/C=C\C/C=C\CCCCCCCCCCCCCC(=O)NC(COC1OC(CO)C(O)C(O)C1O)C(O)/C=C/CC/C=C/CCCCCCCCCC. The Morgan fingerprint density at radius 3 is 1.35 bits per heavy atom. The van der Waals surface area contributed by atoms with Crippen molar-refractivity contribution in [3.05, 3.63) is 60.8 Å². The number of hydrogen-bond donors (Lipinski definition) is 6. The van der Waals surface area contributed by atoms with Gasteiger partial charge in [0.25, 0.3) is 0 Å². The number of nitrogens with one attached hydrogen (secondary N) is 1. The van der Waals surface area contributed by atoms with Gasteiger partial charge in [0.05, 0.1) is 32.0 Å². The number of allylic oxidation sites excluding steroid dienone is 9. The van der Waals surface area contributed by atoms with Crippen molar-refractivity contribution in [2.45, 2.75) is 346 Å². The monoisotopic (exact) mass is 1130 g/mol. The molecule has 1 rings (SSSR count). The van der Waals surface area contributed by atoms with Crippen LogP contribution in [0.25, 0.3) is 0 Å². The third-order valence-electron chi connectivity index (χ3n) is 15.6. The molecule has 7 unspecified atom stereocenters. The second-order valence-electron chi connectivity index (χ2n) is 23.2. The van der Waals surface area contributed by atoms with Gasteiger partial charge >= 0.3 is 5.97 Å². The Kier molecular flexibility index (Phi) is 54.8. The van der Waals surface area contributed by atoms with E-state index in [1.165, 1.54) is 199 Å². The van der Waals surface area contributed by atoms with Crippen LogP contribution in [-0.4, -0.2) is 100 Å². The number of aliphatic hydroxyl groups excluding tert-OH is 5. The number of amides is 1. The molecule has 0 aliphatic carbocycles. The lowest BCUT2D eigenvalue weighted by molar-refractivity contribution is -0.302. The second kappa shape index (κ2) is 58.1. The predicted molar refractivity (Wildman–Crippen MR) is 333 cm³/mol. The van der Waals surface area contributed by atoms with Crippen molar-refractivity contribution in [2.24, 2.45) is 0 Å². The van der Waals surface area contributed by atoms with Crippen LogP contribution in [0.3, 0.4) is 0 Å². The van der Waals surface area contributed by atoms with Crippen molar-refractivity contribution in [3.8, 4) is 0 Å². The van der Waals surface area contributed by atoms with Gasteiger partial charge in [-0.25, -0.2) is 0 Å². The number of carbonyl (C=O) groups is 2. The summed E-state index contributed by atoms with van der Waals surface area (Å²) in [7, 11) is 0. The smallest absolute Gasteiger partial charge is 0.305 e. The summed E-state index contributed by atoms with van der Waals surface area (Å²) < 4.78 is 16.7. The van der Waals surface area contributed by atoms with E-state index >= 15 is 0 Å². The number of rotatable bonds is 58. The zero-order valence-corrected chi connectivity index (χ0v) is 51.5. The first-order valence-electron chi connectivity index (χ1n) is 33.6. The van der Waals surface area contributed by atoms with Gasteiger partial charge in [0.15, 0.2) is 6.29 Å². The van der Waals surface area contributed by atoms with Crippen LogP contribution in [0.2, 0.25) is 0 Å². The van der Waals surface area contributed by atoms with Gasteiger partial charge in [-0.3, -0.25) is 9.59 Å². The van der Waals surface area contributed by atoms with E-state index < -0.39 is 49.5 Å².